The van der Waals surface area contributed by atoms with Crippen LogP contribution in [0.3, 0.4) is 0 Å². The summed E-state index contributed by atoms with van der Waals surface area (Å²) in [6.45, 7) is 2.04. The molecule has 1 aromatic rings. The van der Waals surface area contributed by atoms with Gasteiger partial charge in [-0.1, -0.05) is 0 Å². The van der Waals surface area contributed by atoms with Crippen LogP contribution in [0.1, 0.15) is 49.4 Å². The summed E-state index contributed by atoms with van der Waals surface area (Å²) in [5.41, 5.74) is -0.487. The maximum Gasteiger partial charge on any atom is 0.343 e. The molecule has 23 heavy (non-hydrogen) atoms. The second-order valence-electron chi connectivity index (χ2n) is 7.26. The topological polar surface area (TPSA) is 84.3 Å². The number of carbonyl (C=O) groups excluding carboxylic acids is 1. The number of aromatic nitrogens is 2. The second-order valence-corrected chi connectivity index (χ2v) is 7.60. The summed E-state index contributed by atoms with van der Waals surface area (Å²) in [4.78, 5) is 20.2. The maximum absolute atomic E-state index is 12.1. The first-order chi connectivity index (χ1) is 10.9. The van der Waals surface area contributed by atoms with E-state index in [0.717, 1.165) is 25.7 Å². The van der Waals surface area contributed by atoms with E-state index in [9.17, 15) is 9.90 Å². The van der Waals surface area contributed by atoms with Crippen LogP contribution in [0.5, 0.6) is 0 Å². The highest BCUT2D eigenvalue weighted by atomic mass is 35.5. The molecule has 6 nitrogen and oxygen atoms in total. The molecule has 0 aliphatic heterocycles. The van der Waals surface area contributed by atoms with E-state index in [-0.39, 0.29) is 17.4 Å². The average Bonchev–Trinajstić information content (AvgIpc) is 2.82. The number of halogens is 1. The van der Waals surface area contributed by atoms with E-state index in [4.69, 9.17) is 16.3 Å². The summed E-state index contributed by atoms with van der Waals surface area (Å²) < 4.78 is 5.07. The number of nitrogens with one attached hydrogen (secondary N) is 1. The minimum Gasteiger partial charge on any atom is -0.462 e. The number of anilines is 1. The molecule has 7 heteroatoms. The van der Waals surface area contributed by atoms with Crippen molar-refractivity contribution >= 4 is 23.4 Å². The fraction of sp³-hybridized carbons (Fsp3) is 0.688. The summed E-state index contributed by atoms with van der Waals surface area (Å²) in [7, 11) is 0. The highest BCUT2D eigenvalue weighted by Gasteiger charge is 2.62. The van der Waals surface area contributed by atoms with Crippen molar-refractivity contribution in [2.45, 2.75) is 50.2 Å². The number of hydrogen-bond donors (Lipinski definition) is 2. The lowest BCUT2D eigenvalue weighted by Gasteiger charge is -2.44. The van der Waals surface area contributed by atoms with Gasteiger partial charge in [-0.05, 0) is 62.5 Å². The molecule has 4 saturated carbocycles. The van der Waals surface area contributed by atoms with Gasteiger partial charge in [-0.3, -0.25) is 0 Å². The van der Waals surface area contributed by atoms with E-state index in [1.807, 2.05) is 0 Å². The second kappa shape index (κ2) is 5.05. The lowest BCUT2D eigenvalue weighted by Crippen LogP contribution is -2.49. The predicted octanol–water partition coefficient (Wildman–Crippen LogP) is 2.41. The van der Waals surface area contributed by atoms with Gasteiger partial charge in [0.25, 0.3) is 0 Å². The normalized spacial score (nSPS) is 37.2. The number of rotatable bonds is 4. The van der Waals surface area contributed by atoms with Gasteiger partial charge in [0.2, 0.25) is 5.28 Å². The Balaban J connectivity index is 1.64. The quantitative estimate of drug-likeness (QED) is 0.648. The average molecular weight is 338 g/mol. The van der Waals surface area contributed by atoms with Crippen molar-refractivity contribution in [3.8, 4) is 0 Å². The van der Waals surface area contributed by atoms with Gasteiger partial charge < -0.3 is 15.2 Å². The van der Waals surface area contributed by atoms with Crippen LogP contribution in [0.4, 0.5) is 5.82 Å². The molecular formula is C16H20ClN3O3. The molecule has 4 aliphatic rings. The standard InChI is InChI=1S/C16H20ClN3O3/c1-2-23-13(21)11-7-18-14(17)19-12(11)20-15-3-9-5-16(22,8-15)6-10(9)4-15/h7,9-10,22H,2-6,8H2,1H3,(H,18,19,20). The number of esters is 1. The van der Waals surface area contributed by atoms with Crippen molar-refractivity contribution in [3.63, 3.8) is 0 Å². The van der Waals surface area contributed by atoms with Crippen molar-refractivity contribution in [1.29, 1.82) is 0 Å². The van der Waals surface area contributed by atoms with Crippen molar-refractivity contribution in [2.24, 2.45) is 11.8 Å². The Morgan fingerprint density at radius 3 is 2.74 bits per heavy atom. The smallest absolute Gasteiger partial charge is 0.343 e. The van der Waals surface area contributed by atoms with Crippen LogP contribution < -0.4 is 5.32 Å². The third-order valence-electron chi connectivity index (χ3n) is 5.56. The number of carbonyl (C=O) groups is 1. The lowest BCUT2D eigenvalue weighted by atomic mass is 9.73. The Morgan fingerprint density at radius 2 is 2.13 bits per heavy atom. The van der Waals surface area contributed by atoms with Gasteiger partial charge in [0.05, 0.1) is 12.2 Å². The first-order valence-electron chi connectivity index (χ1n) is 8.12. The summed E-state index contributed by atoms with van der Waals surface area (Å²) in [6, 6.07) is 0. The van der Waals surface area contributed by atoms with Gasteiger partial charge in [0.1, 0.15) is 11.4 Å². The fourth-order valence-corrected chi connectivity index (χ4v) is 5.22. The molecule has 2 atom stereocenters. The molecule has 2 N–H and O–H groups in total. The zero-order chi connectivity index (χ0) is 16.2. The Labute approximate surface area is 139 Å². The molecule has 4 aliphatic carbocycles. The molecule has 0 radical (unpaired) electrons. The highest BCUT2D eigenvalue weighted by Crippen LogP contribution is 2.62. The number of aliphatic hydroxyl groups is 1. The van der Waals surface area contributed by atoms with Gasteiger partial charge in [0.15, 0.2) is 0 Å². The van der Waals surface area contributed by atoms with Crippen LogP contribution in [0.25, 0.3) is 0 Å². The SMILES string of the molecule is CCOC(=O)c1cnc(Cl)nc1NC12CC3CC(O)(CC3C1)C2. The molecule has 4 bridgehead atoms. The molecule has 1 heterocycles. The summed E-state index contributed by atoms with van der Waals surface area (Å²) in [5.74, 6) is 1.07. The molecule has 0 spiro atoms. The molecule has 124 valence electrons. The molecule has 0 saturated heterocycles. The Morgan fingerprint density at radius 1 is 1.43 bits per heavy atom. The number of nitrogens with zero attached hydrogens (tertiary/aromatic N) is 2. The van der Waals surface area contributed by atoms with Crippen LogP contribution in [0, 0.1) is 11.8 Å². The number of ether oxygens (including phenoxy) is 1. The third-order valence-corrected chi connectivity index (χ3v) is 5.74. The van der Waals surface area contributed by atoms with Gasteiger partial charge in [-0.15, -0.1) is 0 Å². The van der Waals surface area contributed by atoms with Gasteiger partial charge in [-0.2, -0.15) is 4.98 Å². The van der Waals surface area contributed by atoms with Crippen LogP contribution >= 0.6 is 11.6 Å². The van der Waals surface area contributed by atoms with Crippen molar-refractivity contribution in [2.75, 3.05) is 11.9 Å². The maximum atomic E-state index is 12.1. The Kier molecular flexibility index (Phi) is 3.32. The fourth-order valence-electron chi connectivity index (χ4n) is 5.09. The van der Waals surface area contributed by atoms with Crippen LogP contribution in [-0.2, 0) is 4.74 Å². The predicted molar refractivity (Wildman–Crippen MR) is 84.4 cm³/mol. The molecule has 2 unspecified atom stereocenters. The first-order valence-corrected chi connectivity index (χ1v) is 8.50. The van der Waals surface area contributed by atoms with Crippen molar-refractivity contribution < 1.29 is 14.6 Å². The molecule has 4 fully saturated rings. The minimum absolute atomic E-state index is 0.0891. The Hall–Kier alpha value is -1.40. The molecule has 0 aromatic carbocycles. The van der Waals surface area contributed by atoms with E-state index >= 15 is 0 Å². The highest BCUT2D eigenvalue weighted by molar-refractivity contribution is 6.28. The summed E-state index contributed by atoms with van der Waals surface area (Å²) in [5, 5.41) is 14.2. The van der Waals surface area contributed by atoms with Crippen molar-refractivity contribution in [3.05, 3.63) is 17.0 Å². The van der Waals surface area contributed by atoms with E-state index in [1.165, 1.54) is 6.20 Å². The lowest BCUT2D eigenvalue weighted by molar-refractivity contribution is -0.0149. The molecule has 0 amide bonds. The molecule has 5 rings (SSSR count). The minimum atomic E-state index is -0.570. The van der Waals surface area contributed by atoms with Gasteiger partial charge in [0, 0.05) is 11.7 Å². The Bertz CT molecular complexity index is 652. The molecule has 1 aromatic heterocycles. The van der Waals surface area contributed by atoms with E-state index in [2.05, 4.69) is 15.3 Å². The van der Waals surface area contributed by atoms with E-state index in [1.54, 1.807) is 6.92 Å². The zero-order valence-electron chi connectivity index (χ0n) is 13.0. The van der Waals surface area contributed by atoms with Crippen LogP contribution in [0.2, 0.25) is 5.28 Å². The van der Waals surface area contributed by atoms with E-state index in [0.29, 0.717) is 29.6 Å². The van der Waals surface area contributed by atoms with E-state index < -0.39 is 11.6 Å². The third kappa shape index (κ3) is 2.48. The van der Waals surface area contributed by atoms with Crippen LogP contribution in [-0.4, -0.2) is 38.8 Å². The first kappa shape index (κ1) is 15.1. The molecular weight excluding hydrogens is 318 g/mol. The zero-order valence-corrected chi connectivity index (χ0v) is 13.8. The van der Waals surface area contributed by atoms with Gasteiger partial charge in [-0.25, -0.2) is 9.78 Å². The summed E-state index contributed by atoms with van der Waals surface area (Å²) >= 11 is 5.92. The monoisotopic (exact) mass is 337 g/mol. The van der Waals surface area contributed by atoms with Gasteiger partial charge >= 0.3 is 5.97 Å². The number of hydrogen-bond acceptors (Lipinski definition) is 6. The van der Waals surface area contributed by atoms with Crippen LogP contribution in [0.15, 0.2) is 6.20 Å². The van der Waals surface area contributed by atoms with Crippen molar-refractivity contribution in [1.82, 2.24) is 9.97 Å². The summed E-state index contributed by atoms with van der Waals surface area (Å²) in [6.07, 6.45) is 5.90. The largest absolute Gasteiger partial charge is 0.462 e.